The quantitative estimate of drug-likeness (QED) is 0.167. The normalized spacial score (nSPS) is 12.0. The van der Waals surface area contributed by atoms with Gasteiger partial charge in [0.25, 0.3) is 0 Å². The lowest BCUT2D eigenvalue weighted by Gasteiger charge is -2.28. The van der Waals surface area contributed by atoms with E-state index in [-0.39, 0.29) is 0 Å². The Kier molecular flexibility index (Phi) is 7.78. The highest BCUT2D eigenvalue weighted by molar-refractivity contribution is 7.25. The predicted octanol–water partition coefficient (Wildman–Crippen LogP) is 17.4. The number of rotatable bonds is 6. The van der Waals surface area contributed by atoms with Gasteiger partial charge in [-0.1, -0.05) is 127 Å². The maximum absolute atomic E-state index is 6.98. The first-order valence-electron chi connectivity index (χ1n) is 21.0. The first-order valence-corrected chi connectivity index (χ1v) is 21.8. The van der Waals surface area contributed by atoms with Crippen LogP contribution < -0.4 is 9.64 Å². The Morgan fingerprint density at radius 3 is 1.76 bits per heavy atom. The summed E-state index contributed by atoms with van der Waals surface area (Å²) in [5, 5.41) is 7.04. The van der Waals surface area contributed by atoms with Gasteiger partial charge in [0.05, 0.1) is 0 Å². The Hall–Kier alpha value is -7.92. The molecule has 1 aliphatic rings. The first-order chi connectivity index (χ1) is 30.7. The van der Waals surface area contributed by atoms with Crippen molar-refractivity contribution in [2.45, 2.75) is 0 Å². The maximum atomic E-state index is 6.98. The molecule has 0 radical (unpaired) electrons. The summed E-state index contributed by atoms with van der Waals surface area (Å²) in [6.07, 6.45) is 0. The molecular formula is C58H35NO2S. The van der Waals surface area contributed by atoms with Gasteiger partial charge in [-0.25, -0.2) is 0 Å². The Balaban J connectivity index is 0.961. The minimum Gasteiger partial charge on any atom is -0.456 e. The molecule has 10 aromatic carbocycles. The topological polar surface area (TPSA) is 25.6 Å². The molecule has 0 spiro atoms. The Labute approximate surface area is 361 Å². The lowest BCUT2D eigenvalue weighted by atomic mass is 9.88. The number of fused-ring (bicyclic) bond motifs is 8. The highest BCUT2D eigenvalue weighted by Gasteiger charge is 2.25. The minimum absolute atomic E-state index is 0.829. The number of furan rings is 1. The minimum atomic E-state index is 0.829. The van der Waals surface area contributed by atoms with Crippen molar-refractivity contribution in [2.75, 3.05) is 4.90 Å². The van der Waals surface area contributed by atoms with E-state index in [4.69, 9.17) is 9.15 Å². The van der Waals surface area contributed by atoms with Crippen molar-refractivity contribution < 1.29 is 9.15 Å². The van der Waals surface area contributed by atoms with Crippen LogP contribution in [0, 0.1) is 0 Å². The van der Waals surface area contributed by atoms with E-state index >= 15 is 0 Å². The van der Waals surface area contributed by atoms with E-state index in [1.807, 2.05) is 23.5 Å². The standard InChI is InChI=1S/C58H35NO2S/c1-3-12-36(13-4-1)38-30-39(37-14-5-2-6-15-37)32-40(31-38)44-27-29-54-58-49(44)18-11-19-50(58)46-25-22-42(34-55(46)61-54)59(41-24-28-53-51(33-41)45-16-7-9-20-52(45)60-53)43-23-26-48-47-17-8-10-21-56(47)62-57(48)35-43/h1-35H. The van der Waals surface area contributed by atoms with Crippen molar-refractivity contribution >= 4 is 81.3 Å². The summed E-state index contributed by atoms with van der Waals surface area (Å²) in [5.41, 5.74) is 14.2. The monoisotopic (exact) mass is 809 g/mol. The third-order valence-electron chi connectivity index (χ3n) is 12.4. The van der Waals surface area contributed by atoms with Crippen molar-refractivity contribution in [1.82, 2.24) is 0 Å². The van der Waals surface area contributed by atoms with Crippen molar-refractivity contribution in [3.05, 3.63) is 212 Å². The van der Waals surface area contributed by atoms with Gasteiger partial charge in [0, 0.05) is 65.0 Å². The van der Waals surface area contributed by atoms with Crippen LogP contribution in [0.3, 0.4) is 0 Å². The van der Waals surface area contributed by atoms with Crippen molar-refractivity contribution in [2.24, 2.45) is 0 Å². The number of benzene rings is 10. The van der Waals surface area contributed by atoms with E-state index in [2.05, 4.69) is 205 Å². The average molecular weight is 810 g/mol. The van der Waals surface area contributed by atoms with E-state index < -0.39 is 0 Å². The van der Waals surface area contributed by atoms with Gasteiger partial charge in [-0.2, -0.15) is 0 Å². The molecule has 0 saturated carbocycles. The molecular weight excluding hydrogens is 775 g/mol. The van der Waals surface area contributed by atoms with Crippen LogP contribution >= 0.6 is 11.3 Å². The number of thiophene rings is 1. The third-order valence-corrected chi connectivity index (χ3v) is 13.6. The smallest absolute Gasteiger partial charge is 0.137 e. The largest absolute Gasteiger partial charge is 0.456 e. The van der Waals surface area contributed by atoms with Gasteiger partial charge in [-0.3, -0.25) is 0 Å². The highest BCUT2D eigenvalue weighted by Crippen LogP contribution is 2.51. The highest BCUT2D eigenvalue weighted by atomic mass is 32.1. The average Bonchev–Trinajstić information content (AvgIpc) is 3.90. The van der Waals surface area contributed by atoms with Gasteiger partial charge in [0.1, 0.15) is 22.7 Å². The predicted molar refractivity (Wildman–Crippen MR) is 261 cm³/mol. The molecule has 0 atom stereocenters. The molecule has 2 aromatic heterocycles. The zero-order valence-electron chi connectivity index (χ0n) is 33.4. The molecule has 1 aliphatic heterocycles. The number of para-hydroxylation sites is 1. The maximum Gasteiger partial charge on any atom is 0.137 e. The van der Waals surface area contributed by atoms with Crippen molar-refractivity contribution in [1.29, 1.82) is 0 Å². The molecule has 0 amide bonds. The lowest BCUT2D eigenvalue weighted by Crippen LogP contribution is -2.10. The van der Waals surface area contributed by atoms with Gasteiger partial charge in [0.15, 0.2) is 0 Å². The molecule has 0 saturated heterocycles. The second kappa shape index (κ2) is 13.8. The molecule has 0 unspecified atom stereocenters. The SMILES string of the molecule is c1ccc(-c2cc(-c3ccccc3)cc(-c3ccc4c5c(cccc35)-c3ccc(N(c5ccc6c(c5)sc5ccccc56)c5ccc6oc7ccccc7c6c5)cc3O4)c2)cc1. The Bertz CT molecular complexity index is 3680. The zero-order chi connectivity index (χ0) is 40.7. The second-order valence-corrected chi connectivity index (χ2v) is 17.1. The van der Waals surface area contributed by atoms with Crippen molar-refractivity contribution in [3.63, 3.8) is 0 Å². The molecule has 0 fully saturated rings. The number of hydrogen-bond donors (Lipinski definition) is 0. The summed E-state index contributed by atoms with van der Waals surface area (Å²) in [6.45, 7) is 0. The summed E-state index contributed by atoms with van der Waals surface area (Å²) in [4.78, 5) is 2.35. The Morgan fingerprint density at radius 1 is 0.323 bits per heavy atom. The van der Waals surface area contributed by atoms with E-state index in [0.29, 0.717) is 0 Å². The summed E-state index contributed by atoms with van der Waals surface area (Å²) in [7, 11) is 0. The van der Waals surface area contributed by atoms with Crippen LogP contribution in [-0.2, 0) is 0 Å². The van der Waals surface area contributed by atoms with Gasteiger partial charge in [-0.05, 0) is 123 Å². The zero-order valence-corrected chi connectivity index (χ0v) is 34.2. The third kappa shape index (κ3) is 5.58. The van der Waals surface area contributed by atoms with Crippen molar-refractivity contribution in [3.8, 4) is 56.0 Å². The number of ether oxygens (including phenoxy) is 1. The van der Waals surface area contributed by atoms with Crippen LogP contribution in [0.2, 0.25) is 0 Å². The fourth-order valence-corrected chi connectivity index (χ4v) is 10.7. The van der Waals surface area contributed by atoms with E-state index in [0.717, 1.165) is 66.8 Å². The van der Waals surface area contributed by atoms with E-state index in [1.54, 1.807) is 0 Å². The van der Waals surface area contributed by atoms with Gasteiger partial charge >= 0.3 is 0 Å². The summed E-state index contributed by atoms with van der Waals surface area (Å²) < 4.78 is 15.8. The van der Waals surface area contributed by atoms with Crippen LogP contribution in [0.1, 0.15) is 0 Å². The molecule has 12 aromatic rings. The molecule has 0 bridgehead atoms. The molecule has 3 heterocycles. The van der Waals surface area contributed by atoms with Crippen LogP contribution in [0.5, 0.6) is 11.5 Å². The molecule has 0 N–H and O–H groups in total. The molecule has 13 rings (SSSR count). The van der Waals surface area contributed by atoms with Crippen LogP contribution in [0.15, 0.2) is 217 Å². The van der Waals surface area contributed by atoms with Gasteiger partial charge in [0.2, 0.25) is 0 Å². The van der Waals surface area contributed by atoms with E-state index in [1.165, 1.54) is 59.1 Å². The number of nitrogens with zero attached hydrogens (tertiary/aromatic N) is 1. The summed E-state index contributed by atoms with van der Waals surface area (Å²) in [6, 6.07) is 76.2. The van der Waals surface area contributed by atoms with Crippen LogP contribution in [0.4, 0.5) is 17.1 Å². The van der Waals surface area contributed by atoms with Crippen LogP contribution in [-0.4, -0.2) is 0 Å². The van der Waals surface area contributed by atoms with Crippen LogP contribution in [0.25, 0.3) is 97.4 Å². The van der Waals surface area contributed by atoms with E-state index in [9.17, 15) is 0 Å². The molecule has 3 nitrogen and oxygen atoms in total. The number of hydrogen-bond acceptors (Lipinski definition) is 4. The molecule has 290 valence electrons. The fourth-order valence-electron chi connectivity index (χ4n) is 9.54. The molecule has 4 heteroatoms. The van der Waals surface area contributed by atoms with Gasteiger partial charge in [-0.15, -0.1) is 11.3 Å². The fraction of sp³-hybridized carbons (Fsp3) is 0. The van der Waals surface area contributed by atoms with Gasteiger partial charge < -0.3 is 14.1 Å². The first kappa shape index (κ1) is 34.9. The Morgan fingerprint density at radius 2 is 0.935 bits per heavy atom. The molecule has 62 heavy (non-hydrogen) atoms. The second-order valence-electron chi connectivity index (χ2n) is 16.0. The molecule has 0 aliphatic carbocycles. The lowest BCUT2D eigenvalue weighted by molar-refractivity contribution is 0.487. The number of anilines is 3. The summed E-state index contributed by atoms with van der Waals surface area (Å²) in [5.74, 6) is 1.69. The summed E-state index contributed by atoms with van der Waals surface area (Å²) >= 11 is 1.83.